The lowest BCUT2D eigenvalue weighted by Crippen LogP contribution is -2.22. The van der Waals surface area contributed by atoms with Gasteiger partial charge in [0, 0.05) is 23.2 Å². The van der Waals surface area contributed by atoms with E-state index in [1.165, 1.54) is 22.9 Å². The number of aliphatic hydroxyl groups is 1. The Labute approximate surface area is 126 Å². The first kappa shape index (κ1) is 14.8. The van der Waals surface area contributed by atoms with Crippen LogP contribution in [0, 0.1) is 6.92 Å². The molecule has 5 nitrogen and oxygen atoms in total. The van der Waals surface area contributed by atoms with E-state index in [0.29, 0.717) is 21.4 Å². The fourth-order valence-electron chi connectivity index (χ4n) is 1.81. The minimum absolute atomic E-state index is 0.332. The van der Waals surface area contributed by atoms with E-state index in [1.807, 2.05) is 6.92 Å². The highest BCUT2D eigenvalue weighted by Gasteiger charge is 2.19. The van der Waals surface area contributed by atoms with Crippen molar-refractivity contribution in [1.29, 1.82) is 0 Å². The number of aromatic nitrogens is 2. The predicted octanol–water partition coefficient (Wildman–Crippen LogP) is 2.71. The van der Waals surface area contributed by atoms with Crippen LogP contribution in [0.5, 0.6) is 0 Å². The normalized spacial score (nSPS) is 12.2. The largest absolute Gasteiger partial charge is 0.378 e. The number of aryl methyl sites for hydroxylation is 2. The Morgan fingerprint density at radius 2 is 1.90 bits per heavy atom. The van der Waals surface area contributed by atoms with Gasteiger partial charge >= 0.3 is 0 Å². The first-order valence-electron chi connectivity index (χ1n) is 5.82. The van der Waals surface area contributed by atoms with Crippen molar-refractivity contribution in [2.75, 3.05) is 5.32 Å². The molecule has 0 saturated carbocycles. The lowest BCUT2D eigenvalue weighted by Gasteiger charge is -2.12. The molecule has 1 heterocycles. The highest BCUT2D eigenvalue weighted by atomic mass is 35.5. The van der Waals surface area contributed by atoms with E-state index < -0.39 is 12.0 Å². The SMILES string of the molecule is Cc1cc(NC(=O)C(O)c2cc(Cl)cc(Cl)c2)n(C)n1. The summed E-state index contributed by atoms with van der Waals surface area (Å²) in [6.07, 6.45) is -1.36. The molecular weight excluding hydrogens is 301 g/mol. The third-order valence-corrected chi connectivity index (χ3v) is 3.14. The molecule has 1 unspecified atom stereocenters. The van der Waals surface area contributed by atoms with Crippen molar-refractivity contribution >= 4 is 34.9 Å². The molecule has 1 amide bonds. The van der Waals surface area contributed by atoms with Crippen LogP contribution in [0.3, 0.4) is 0 Å². The molecule has 20 heavy (non-hydrogen) atoms. The van der Waals surface area contributed by atoms with Crippen LogP contribution in [0.25, 0.3) is 0 Å². The maximum atomic E-state index is 12.0. The van der Waals surface area contributed by atoms with Gasteiger partial charge in [-0.25, -0.2) is 0 Å². The van der Waals surface area contributed by atoms with Gasteiger partial charge in [0.05, 0.1) is 5.69 Å². The molecule has 2 N–H and O–H groups in total. The predicted molar refractivity (Wildman–Crippen MR) is 78.0 cm³/mol. The summed E-state index contributed by atoms with van der Waals surface area (Å²) in [6.45, 7) is 1.81. The number of halogens is 2. The molecule has 0 aliphatic rings. The van der Waals surface area contributed by atoms with Gasteiger partial charge in [0.25, 0.3) is 5.91 Å². The summed E-state index contributed by atoms with van der Waals surface area (Å²) in [7, 11) is 1.70. The molecule has 1 atom stereocenters. The van der Waals surface area contributed by atoms with Crippen LogP contribution in [0.1, 0.15) is 17.4 Å². The molecule has 1 aromatic heterocycles. The highest BCUT2D eigenvalue weighted by Crippen LogP contribution is 2.24. The van der Waals surface area contributed by atoms with Crippen molar-refractivity contribution in [3.8, 4) is 0 Å². The van der Waals surface area contributed by atoms with E-state index >= 15 is 0 Å². The maximum Gasteiger partial charge on any atom is 0.258 e. The number of aliphatic hydroxyl groups excluding tert-OH is 1. The minimum atomic E-state index is -1.36. The van der Waals surface area contributed by atoms with Crippen molar-refractivity contribution in [2.24, 2.45) is 7.05 Å². The molecule has 2 aromatic rings. The van der Waals surface area contributed by atoms with Crippen molar-refractivity contribution in [1.82, 2.24) is 9.78 Å². The van der Waals surface area contributed by atoms with Crippen LogP contribution in [0.2, 0.25) is 10.0 Å². The van der Waals surface area contributed by atoms with E-state index in [0.717, 1.165) is 5.69 Å². The molecule has 2 rings (SSSR count). The molecule has 0 aliphatic carbocycles. The quantitative estimate of drug-likeness (QED) is 0.915. The van der Waals surface area contributed by atoms with Crippen molar-refractivity contribution in [3.05, 3.63) is 45.6 Å². The van der Waals surface area contributed by atoms with Gasteiger partial charge in [-0.3, -0.25) is 9.48 Å². The smallest absolute Gasteiger partial charge is 0.258 e. The Kier molecular flexibility index (Phi) is 4.32. The number of hydrogen-bond donors (Lipinski definition) is 2. The summed E-state index contributed by atoms with van der Waals surface area (Å²) in [4.78, 5) is 12.0. The summed E-state index contributed by atoms with van der Waals surface area (Å²) in [5, 5.41) is 17.4. The molecular formula is C13H13Cl2N3O2. The Balaban J connectivity index is 2.18. The number of anilines is 1. The van der Waals surface area contributed by atoms with Gasteiger partial charge in [-0.15, -0.1) is 0 Å². The standard InChI is InChI=1S/C13H13Cl2N3O2/c1-7-3-11(18(2)17-7)16-13(20)12(19)8-4-9(14)6-10(15)5-8/h3-6,12,19H,1-2H3,(H,16,20). The Hall–Kier alpha value is -1.56. The van der Waals surface area contributed by atoms with E-state index in [-0.39, 0.29) is 0 Å². The van der Waals surface area contributed by atoms with Crippen molar-refractivity contribution in [2.45, 2.75) is 13.0 Å². The third kappa shape index (κ3) is 3.30. The van der Waals surface area contributed by atoms with Crippen LogP contribution < -0.4 is 5.32 Å². The summed E-state index contributed by atoms with van der Waals surface area (Å²) < 4.78 is 1.52. The molecule has 0 fully saturated rings. The number of nitrogens with zero attached hydrogens (tertiary/aromatic N) is 2. The molecule has 0 aliphatic heterocycles. The fourth-order valence-corrected chi connectivity index (χ4v) is 2.35. The van der Waals surface area contributed by atoms with Gasteiger partial charge < -0.3 is 10.4 Å². The Bertz CT molecular complexity index is 635. The average molecular weight is 314 g/mol. The molecule has 1 aromatic carbocycles. The summed E-state index contributed by atoms with van der Waals surface area (Å²) in [6, 6.07) is 6.22. The van der Waals surface area contributed by atoms with Gasteiger partial charge in [-0.2, -0.15) is 5.10 Å². The van der Waals surface area contributed by atoms with Crippen LogP contribution in [0.15, 0.2) is 24.3 Å². The number of amides is 1. The number of hydrogen-bond acceptors (Lipinski definition) is 3. The van der Waals surface area contributed by atoms with Crippen molar-refractivity contribution in [3.63, 3.8) is 0 Å². The first-order chi connectivity index (χ1) is 9.36. The number of carbonyl (C=O) groups excluding carboxylic acids is 1. The number of benzene rings is 1. The van der Waals surface area contributed by atoms with Crippen LogP contribution in [0.4, 0.5) is 5.82 Å². The number of rotatable bonds is 3. The lowest BCUT2D eigenvalue weighted by molar-refractivity contribution is -0.124. The third-order valence-electron chi connectivity index (χ3n) is 2.70. The van der Waals surface area contributed by atoms with Gasteiger partial charge in [0.1, 0.15) is 5.82 Å². The monoisotopic (exact) mass is 313 g/mol. The van der Waals surface area contributed by atoms with Crippen LogP contribution in [-0.2, 0) is 11.8 Å². The van der Waals surface area contributed by atoms with Crippen LogP contribution in [-0.4, -0.2) is 20.8 Å². The zero-order valence-corrected chi connectivity index (χ0v) is 12.4. The highest BCUT2D eigenvalue weighted by molar-refractivity contribution is 6.34. The fraction of sp³-hybridized carbons (Fsp3) is 0.231. The topological polar surface area (TPSA) is 67.2 Å². The number of nitrogens with one attached hydrogen (secondary N) is 1. The second-order valence-electron chi connectivity index (χ2n) is 4.39. The van der Waals surface area contributed by atoms with Crippen molar-refractivity contribution < 1.29 is 9.90 Å². The maximum absolute atomic E-state index is 12.0. The summed E-state index contributed by atoms with van der Waals surface area (Å²) in [5.74, 6) is -0.0778. The second kappa shape index (κ2) is 5.83. The zero-order chi connectivity index (χ0) is 14.9. The molecule has 0 bridgehead atoms. The van der Waals surface area contributed by atoms with E-state index in [4.69, 9.17) is 23.2 Å². The first-order valence-corrected chi connectivity index (χ1v) is 6.58. The average Bonchev–Trinajstić information content (AvgIpc) is 2.65. The Morgan fingerprint density at radius 1 is 1.30 bits per heavy atom. The van der Waals surface area contributed by atoms with Gasteiger partial charge in [-0.05, 0) is 30.7 Å². The summed E-state index contributed by atoms with van der Waals surface area (Å²) in [5.41, 5.74) is 1.10. The van der Waals surface area contributed by atoms with E-state index in [1.54, 1.807) is 13.1 Å². The Morgan fingerprint density at radius 3 is 2.40 bits per heavy atom. The molecule has 0 spiro atoms. The van der Waals surface area contributed by atoms with Gasteiger partial charge in [-0.1, -0.05) is 23.2 Å². The second-order valence-corrected chi connectivity index (χ2v) is 5.26. The lowest BCUT2D eigenvalue weighted by atomic mass is 10.1. The molecule has 0 saturated heterocycles. The molecule has 0 radical (unpaired) electrons. The molecule has 7 heteroatoms. The molecule has 106 valence electrons. The minimum Gasteiger partial charge on any atom is -0.378 e. The number of carbonyl (C=O) groups is 1. The van der Waals surface area contributed by atoms with Crippen LogP contribution >= 0.6 is 23.2 Å². The van der Waals surface area contributed by atoms with Gasteiger partial charge in [0.2, 0.25) is 0 Å². The summed E-state index contributed by atoms with van der Waals surface area (Å²) >= 11 is 11.7. The van der Waals surface area contributed by atoms with Gasteiger partial charge in [0.15, 0.2) is 6.10 Å². The zero-order valence-electron chi connectivity index (χ0n) is 10.9. The van der Waals surface area contributed by atoms with E-state index in [9.17, 15) is 9.90 Å². The van der Waals surface area contributed by atoms with E-state index in [2.05, 4.69) is 10.4 Å².